The lowest BCUT2D eigenvalue weighted by Crippen LogP contribution is -2.14. The first-order valence-corrected chi connectivity index (χ1v) is 7.43. The van der Waals surface area contributed by atoms with Gasteiger partial charge in [0.1, 0.15) is 0 Å². The van der Waals surface area contributed by atoms with E-state index < -0.39 is 0 Å². The van der Waals surface area contributed by atoms with E-state index in [1.807, 2.05) is 12.1 Å². The molecule has 106 valence electrons. The van der Waals surface area contributed by atoms with Crippen molar-refractivity contribution < 1.29 is 4.79 Å². The second kappa shape index (κ2) is 6.11. The summed E-state index contributed by atoms with van der Waals surface area (Å²) in [5.41, 5.74) is 0.595. The van der Waals surface area contributed by atoms with E-state index >= 15 is 0 Å². The van der Waals surface area contributed by atoms with Gasteiger partial charge in [0.05, 0.1) is 16.5 Å². The molecule has 6 nitrogen and oxygen atoms in total. The zero-order chi connectivity index (χ0) is 14.7. The first kappa shape index (κ1) is 13.8. The van der Waals surface area contributed by atoms with Crippen molar-refractivity contribution in [1.29, 1.82) is 0 Å². The molecule has 0 bridgehead atoms. The number of nitrogens with one attached hydrogen (secondary N) is 1. The van der Waals surface area contributed by atoms with E-state index in [4.69, 9.17) is 11.6 Å². The third-order valence-corrected chi connectivity index (χ3v) is 3.91. The number of para-hydroxylation sites is 1. The minimum Gasteiger partial charge on any atom is -0.324 e. The molecule has 1 N–H and O–H groups in total. The topological polar surface area (TPSA) is 72.2 Å². The van der Waals surface area contributed by atoms with E-state index in [1.54, 1.807) is 35.0 Å². The van der Waals surface area contributed by atoms with E-state index in [-0.39, 0.29) is 11.7 Å². The number of benzene rings is 1. The van der Waals surface area contributed by atoms with Crippen molar-refractivity contribution in [3.8, 4) is 0 Å². The molecule has 3 rings (SSSR count). The number of aromatic nitrogens is 4. The Labute approximate surface area is 129 Å². The SMILES string of the molecule is O=C(CSc1nnc2ncccn12)Nc1ccccc1Cl. The summed E-state index contributed by atoms with van der Waals surface area (Å²) in [5.74, 6) is 0.557. The zero-order valence-electron chi connectivity index (χ0n) is 10.7. The summed E-state index contributed by atoms with van der Waals surface area (Å²) >= 11 is 7.27. The molecule has 0 saturated carbocycles. The van der Waals surface area contributed by atoms with Crippen molar-refractivity contribution in [3.05, 3.63) is 47.7 Å². The Kier molecular flexibility index (Phi) is 4.03. The molecule has 2 heterocycles. The number of hydrogen-bond donors (Lipinski definition) is 1. The summed E-state index contributed by atoms with van der Waals surface area (Å²) in [4.78, 5) is 16.0. The van der Waals surface area contributed by atoms with Crippen molar-refractivity contribution in [2.24, 2.45) is 0 Å². The van der Waals surface area contributed by atoms with E-state index in [1.165, 1.54) is 11.8 Å². The van der Waals surface area contributed by atoms with Gasteiger partial charge < -0.3 is 5.32 Å². The van der Waals surface area contributed by atoms with Crippen LogP contribution < -0.4 is 5.32 Å². The minimum atomic E-state index is -0.159. The number of nitrogens with zero attached hydrogens (tertiary/aromatic N) is 4. The number of halogens is 1. The Morgan fingerprint density at radius 2 is 2.14 bits per heavy atom. The van der Waals surface area contributed by atoms with Gasteiger partial charge in [0, 0.05) is 12.4 Å². The Hall–Kier alpha value is -2.12. The van der Waals surface area contributed by atoms with Gasteiger partial charge in [-0.15, -0.1) is 10.2 Å². The van der Waals surface area contributed by atoms with Crippen LogP contribution in [0.5, 0.6) is 0 Å². The minimum absolute atomic E-state index is 0.159. The highest BCUT2D eigenvalue weighted by atomic mass is 35.5. The quantitative estimate of drug-likeness (QED) is 0.748. The van der Waals surface area contributed by atoms with Gasteiger partial charge in [0.25, 0.3) is 5.78 Å². The van der Waals surface area contributed by atoms with Crippen molar-refractivity contribution in [2.75, 3.05) is 11.1 Å². The van der Waals surface area contributed by atoms with Crippen LogP contribution in [0.2, 0.25) is 5.02 Å². The van der Waals surface area contributed by atoms with Gasteiger partial charge in [-0.05, 0) is 18.2 Å². The molecule has 0 aliphatic heterocycles. The molecule has 3 aromatic rings. The summed E-state index contributed by atoms with van der Waals surface area (Å²) in [5, 5.41) is 11.8. The zero-order valence-corrected chi connectivity index (χ0v) is 12.3. The first-order chi connectivity index (χ1) is 10.2. The molecule has 21 heavy (non-hydrogen) atoms. The highest BCUT2D eigenvalue weighted by Gasteiger charge is 2.10. The Morgan fingerprint density at radius 1 is 1.29 bits per heavy atom. The van der Waals surface area contributed by atoms with Crippen molar-refractivity contribution in [2.45, 2.75) is 5.16 Å². The lowest BCUT2D eigenvalue weighted by molar-refractivity contribution is -0.113. The number of anilines is 1. The average Bonchev–Trinajstić information content (AvgIpc) is 2.91. The molecule has 2 aromatic heterocycles. The summed E-state index contributed by atoms with van der Waals surface area (Å²) < 4.78 is 1.73. The number of thioether (sulfide) groups is 1. The monoisotopic (exact) mass is 319 g/mol. The fourth-order valence-electron chi connectivity index (χ4n) is 1.70. The van der Waals surface area contributed by atoms with Gasteiger partial charge >= 0.3 is 0 Å². The Morgan fingerprint density at radius 3 is 3.00 bits per heavy atom. The van der Waals surface area contributed by atoms with Crippen LogP contribution in [-0.4, -0.2) is 31.2 Å². The van der Waals surface area contributed by atoms with Crippen LogP contribution in [0.15, 0.2) is 47.9 Å². The standard InChI is InChI=1S/C13H10ClN5OS/c14-9-4-1-2-5-10(9)16-11(20)8-21-13-18-17-12-15-6-3-7-19(12)13/h1-7H,8H2,(H,16,20). The number of carbonyl (C=O) groups is 1. The summed E-state index contributed by atoms with van der Waals surface area (Å²) in [7, 11) is 0. The van der Waals surface area contributed by atoms with Crippen LogP contribution in [0, 0.1) is 0 Å². The van der Waals surface area contributed by atoms with Crippen LogP contribution in [0.1, 0.15) is 0 Å². The van der Waals surface area contributed by atoms with Crippen LogP contribution >= 0.6 is 23.4 Å². The maximum absolute atomic E-state index is 11.9. The molecule has 0 spiro atoms. The molecule has 0 unspecified atom stereocenters. The lowest BCUT2D eigenvalue weighted by atomic mass is 10.3. The number of rotatable bonds is 4. The molecular weight excluding hydrogens is 310 g/mol. The molecule has 8 heteroatoms. The Bertz CT molecular complexity index is 791. The number of amides is 1. The van der Waals surface area contributed by atoms with E-state index in [0.717, 1.165) is 0 Å². The maximum Gasteiger partial charge on any atom is 0.255 e. The Balaban J connectivity index is 1.65. The predicted octanol–water partition coefficient (Wildman–Crippen LogP) is 2.51. The van der Waals surface area contributed by atoms with Crippen molar-refractivity contribution in [1.82, 2.24) is 19.6 Å². The van der Waals surface area contributed by atoms with E-state index in [9.17, 15) is 4.79 Å². The predicted molar refractivity (Wildman–Crippen MR) is 81.6 cm³/mol. The molecule has 0 radical (unpaired) electrons. The third kappa shape index (κ3) is 3.14. The highest BCUT2D eigenvalue weighted by molar-refractivity contribution is 7.99. The molecular formula is C13H10ClN5OS. The van der Waals surface area contributed by atoms with E-state index in [0.29, 0.717) is 21.6 Å². The lowest BCUT2D eigenvalue weighted by Gasteiger charge is -2.06. The van der Waals surface area contributed by atoms with Gasteiger partial charge in [-0.1, -0.05) is 35.5 Å². The molecule has 0 aliphatic rings. The summed E-state index contributed by atoms with van der Waals surface area (Å²) in [6.07, 6.45) is 3.44. The van der Waals surface area contributed by atoms with Gasteiger partial charge in [0.15, 0.2) is 5.16 Å². The number of hydrogen-bond acceptors (Lipinski definition) is 5. The third-order valence-electron chi connectivity index (χ3n) is 2.64. The molecule has 1 amide bonds. The van der Waals surface area contributed by atoms with Crippen molar-refractivity contribution in [3.63, 3.8) is 0 Å². The second-order valence-corrected chi connectivity index (χ2v) is 5.44. The van der Waals surface area contributed by atoms with Gasteiger partial charge in [0.2, 0.25) is 5.91 Å². The fraction of sp³-hybridized carbons (Fsp3) is 0.0769. The average molecular weight is 320 g/mol. The molecule has 0 saturated heterocycles. The summed E-state index contributed by atoms with van der Waals surface area (Å²) in [6.45, 7) is 0. The highest BCUT2D eigenvalue weighted by Crippen LogP contribution is 2.21. The van der Waals surface area contributed by atoms with Gasteiger partial charge in [-0.2, -0.15) is 0 Å². The first-order valence-electron chi connectivity index (χ1n) is 6.07. The van der Waals surface area contributed by atoms with Gasteiger partial charge in [-0.3, -0.25) is 9.20 Å². The normalized spacial score (nSPS) is 10.7. The van der Waals surface area contributed by atoms with Crippen LogP contribution in [0.25, 0.3) is 5.78 Å². The van der Waals surface area contributed by atoms with Crippen LogP contribution in [0.3, 0.4) is 0 Å². The van der Waals surface area contributed by atoms with E-state index in [2.05, 4.69) is 20.5 Å². The number of fused-ring (bicyclic) bond motifs is 1. The molecule has 0 fully saturated rings. The maximum atomic E-state index is 11.9. The smallest absolute Gasteiger partial charge is 0.255 e. The van der Waals surface area contributed by atoms with Crippen LogP contribution in [0.4, 0.5) is 5.69 Å². The largest absolute Gasteiger partial charge is 0.324 e. The second-order valence-electron chi connectivity index (χ2n) is 4.09. The molecule has 0 aliphatic carbocycles. The van der Waals surface area contributed by atoms with Crippen molar-refractivity contribution >= 4 is 40.7 Å². The number of carbonyl (C=O) groups excluding carboxylic acids is 1. The van der Waals surface area contributed by atoms with Gasteiger partial charge in [-0.25, -0.2) is 4.98 Å². The van der Waals surface area contributed by atoms with Crippen LogP contribution in [-0.2, 0) is 4.79 Å². The molecule has 1 aromatic carbocycles. The molecule has 0 atom stereocenters. The summed E-state index contributed by atoms with van der Waals surface area (Å²) in [6, 6.07) is 8.88. The fourth-order valence-corrected chi connectivity index (χ4v) is 2.59.